The smallest absolute Gasteiger partial charge is 0.232 e. The average molecular weight is 311 g/mol. The number of hydrogen-bond donors (Lipinski definition) is 2. The molecular weight excluding hydrogens is 290 g/mol. The number of sulfonamides is 1. The highest BCUT2D eigenvalue weighted by atomic mass is 32.2. The molecule has 0 aromatic heterocycles. The molecule has 1 amide bonds. The number of anilines is 1. The minimum Gasteiger partial charge on any atom is -0.399 e. The summed E-state index contributed by atoms with van der Waals surface area (Å²) in [6.07, 6.45) is 3.54. The number of nitrogen functional groups attached to an aromatic ring is 1. The van der Waals surface area contributed by atoms with Crippen molar-refractivity contribution in [3.05, 3.63) is 29.8 Å². The van der Waals surface area contributed by atoms with Crippen LogP contribution in [0.3, 0.4) is 0 Å². The Morgan fingerprint density at radius 1 is 1.19 bits per heavy atom. The Hall–Kier alpha value is -1.60. The zero-order valence-corrected chi connectivity index (χ0v) is 12.7. The Bertz CT molecular complexity index is 592. The molecule has 1 aromatic carbocycles. The Morgan fingerprint density at radius 3 is 2.29 bits per heavy atom. The molecule has 0 unspecified atom stereocenters. The molecule has 0 spiro atoms. The molecule has 2 rings (SSSR count). The van der Waals surface area contributed by atoms with Crippen LogP contribution in [0.25, 0.3) is 0 Å². The number of hydrogen-bond acceptors (Lipinski definition) is 4. The molecular formula is C14H21N3O3S. The Labute approximate surface area is 125 Å². The predicted molar refractivity (Wildman–Crippen MR) is 81.6 cm³/mol. The van der Waals surface area contributed by atoms with E-state index in [9.17, 15) is 13.2 Å². The minimum absolute atomic E-state index is 0.115. The summed E-state index contributed by atoms with van der Waals surface area (Å²) in [4.78, 5) is 11.2. The number of amides is 1. The van der Waals surface area contributed by atoms with Crippen molar-refractivity contribution in [3.63, 3.8) is 0 Å². The lowest BCUT2D eigenvalue weighted by molar-refractivity contribution is -0.118. The molecule has 1 aromatic rings. The van der Waals surface area contributed by atoms with E-state index >= 15 is 0 Å². The average Bonchev–Trinajstić information content (AvgIpc) is 2.92. The third-order valence-corrected chi connectivity index (χ3v) is 5.57. The zero-order chi connectivity index (χ0) is 15.5. The summed E-state index contributed by atoms with van der Waals surface area (Å²) in [6, 6.07) is 6.59. The second-order valence-corrected chi connectivity index (χ2v) is 7.37. The van der Waals surface area contributed by atoms with Gasteiger partial charge in [0.1, 0.15) is 0 Å². The first kappa shape index (κ1) is 15.8. The van der Waals surface area contributed by atoms with Crippen LogP contribution in [-0.4, -0.2) is 31.2 Å². The van der Waals surface area contributed by atoms with E-state index in [1.165, 1.54) is 4.31 Å². The Balaban J connectivity index is 2.19. The predicted octanol–water partition coefficient (Wildman–Crippen LogP) is 0.828. The van der Waals surface area contributed by atoms with Crippen LogP contribution in [-0.2, 0) is 20.6 Å². The van der Waals surface area contributed by atoms with Crippen LogP contribution in [0, 0.1) is 0 Å². The van der Waals surface area contributed by atoms with Gasteiger partial charge in [-0.1, -0.05) is 25.0 Å². The molecule has 0 radical (unpaired) electrons. The quantitative estimate of drug-likeness (QED) is 0.759. The molecule has 1 aliphatic carbocycles. The van der Waals surface area contributed by atoms with Gasteiger partial charge in [0, 0.05) is 11.7 Å². The van der Waals surface area contributed by atoms with Crippen molar-refractivity contribution in [1.29, 1.82) is 0 Å². The summed E-state index contributed by atoms with van der Waals surface area (Å²) >= 11 is 0. The van der Waals surface area contributed by atoms with Crippen LogP contribution in [0.1, 0.15) is 31.2 Å². The minimum atomic E-state index is -3.58. The summed E-state index contributed by atoms with van der Waals surface area (Å²) in [7, 11) is -3.58. The normalized spacial score (nSPS) is 16.4. The van der Waals surface area contributed by atoms with Crippen LogP contribution >= 0.6 is 0 Å². The maximum absolute atomic E-state index is 12.6. The summed E-state index contributed by atoms with van der Waals surface area (Å²) < 4.78 is 26.5. The van der Waals surface area contributed by atoms with Gasteiger partial charge in [0.15, 0.2) is 0 Å². The number of rotatable bonds is 6. The molecule has 0 bridgehead atoms. The highest BCUT2D eigenvalue weighted by molar-refractivity contribution is 7.88. The van der Waals surface area contributed by atoms with Gasteiger partial charge in [0.2, 0.25) is 15.9 Å². The molecule has 4 N–H and O–H groups in total. The van der Waals surface area contributed by atoms with E-state index in [0.29, 0.717) is 11.3 Å². The van der Waals surface area contributed by atoms with Crippen LogP contribution in [0.15, 0.2) is 24.3 Å². The molecule has 1 aliphatic rings. The fraction of sp³-hybridized carbons (Fsp3) is 0.500. The number of benzene rings is 1. The molecule has 21 heavy (non-hydrogen) atoms. The first-order valence-corrected chi connectivity index (χ1v) is 8.61. The van der Waals surface area contributed by atoms with Gasteiger partial charge in [-0.25, -0.2) is 8.42 Å². The van der Waals surface area contributed by atoms with E-state index in [1.54, 1.807) is 24.3 Å². The van der Waals surface area contributed by atoms with Crippen molar-refractivity contribution in [1.82, 2.24) is 4.31 Å². The lowest BCUT2D eigenvalue weighted by Crippen LogP contribution is -2.44. The summed E-state index contributed by atoms with van der Waals surface area (Å²) in [5, 5.41) is 0. The zero-order valence-electron chi connectivity index (χ0n) is 11.9. The fourth-order valence-electron chi connectivity index (χ4n) is 2.71. The summed E-state index contributed by atoms with van der Waals surface area (Å²) in [5.74, 6) is -0.764. The molecule has 0 atom stereocenters. The van der Waals surface area contributed by atoms with E-state index in [2.05, 4.69) is 0 Å². The first-order valence-electron chi connectivity index (χ1n) is 7.01. The van der Waals surface area contributed by atoms with Crippen molar-refractivity contribution < 1.29 is 13.2 Å². The van der Waals surface area contributed by atoms with Gasteiger partial charge < -0.3 is 11.5 Å². The molecule has 0 aliphatic heterocycles. The topological polar surface area (TPSA) is 106 Å². The monoisotopic (exact) mass is 311 g/mol. The van der Waals surface area contributed by atoms with Crippen molar-refractivity contribution in [2.24, 2.45) is 5.73 Å². The van der Waals surface area contributed by atoms with Crippen LogP contribution in [0.2, 0.25) is 0 Å². The molecule has 7 heteroatoms. The number of primary amides is 1. The Morgan fingerprint density at radius 2 is 1.76 bits per heavy atom. The summed E-state index contributed by atoms with van der Waals surface area (Å²) in [5.41, 5.74) is 12.0. The second kappa shape index (κ2) is 6.44. The first-order chi connectivity index (χ1) is 9.88. The molecule has 1 saturated carbocycles. The SMILES string of the molecule is NC(=O)CN(C1CCCC1)S(=O)(=O)Cc1ccc(N)cc1. The van der Waals surface area contributed by atoms with Crippen molar-refractivity contribution in [2.45, 2.75) is 37.5 Å². The summed E-state index contributed by atoms with van der Waals surface area (Å²) in [6.45, 7) is -0.248. The van der Waals surface area contributed by atoms with Crippen molar-refractivity contribution >= 4 is 21.6 Å². The van der Waals surface area contributed by atoms with Gasteiger partial charge >= 0.3 is 0 Å². The maximum atomic E-state index is 12.6. The Kier molecular flexibility index (Phi) is 4.84. The van der Waals surface area contributed by atoms with Crippen molar-refractivity contribution in [2.75, 3.05) is 12.3 Å². The van der Waals surface area contributed by atoms with E-state index < -0.39 is 15.9 Å². The molecule has 6 nitrogen and oxygen atoms in total. The number of nitrogens with two attached hydrogens (primary N) is 2. The van der Waals surface area contributed by atoms with Crippen molar-refractivity contribution in [3.8, 4) is 0 Å². The van der Waals surface area contributed by atoms with Gasteiger partial charge in [0.25, 0.3) is 0 Å². The third-order valence-electron chi connectivity index (χ3n) is 3.73. The molecule has 116 valence electrons. The highest BCUT2D eigenvalue weighted by Gasteiger charge is 2.33. The van der Waals surface area contributed by atoms with E-state index in [1.807, 2.05) is 0 Å². The number of carbonyl (C=O) groups is 1. The van der Waals surface area contributed by atoms with Crippen LogP contribution < -0.4 is 11.5 Å². The van der Waals surface area contributed by atoms with E-state index in [4.69, 9.17) is 11.5 Å². The number of nitrogens with zero attached hydrogens (tertiary/aromatic N) is 1. The fourth-order valence-corrected chi connectivity index (χ4v) is 4.48. The standard InChI is InChI=1S/C14H21N3O3S/c15-12-7-5-11(6-8-12)10-21(19,20)17(9-14(16)18)13-3-1-2-4-13/h5-8,13H,1-4,9-10,15H2,(H2,16,18). The van der Waals surface area contributed by atoms with Gasteiger partial charge in [-0.05, 0) is 30.5 Å². The highest BCUT2D eigenvalue weighted by Crippen LogP contribution is 2.27. The molecule has 0 saturated heterocycles. The lowest BCUT2D eigenvalue weighted by atomic mass is 10.2. The van der Waals surface area contributed by atoms with Crippen LogP contribution in [0.5, 0.6) is 0 Å². The van der Waals surface area contributed by atoms with Gasteiger partial charge in [-0.15, -0.1) is 0 Å². The van der Waals surface area contributed by atoms with Gasteiger partial charge in [0.05, 0.1) is 12.3 Å². The third kappa shape index (κ3) is 4.18. The number of carbonyl (C=O) groups excluding carboxylic acids is 1. The maximum Gasteiger partial charge on any atom is 0.232 e. The largest absolute Gasteiger partial charge is 0.399 e. The van der Waals surface area contributed by atoms with E-state index in [-0.39, 0.29) is 18.3 Å². The second-order valence-electron chi connectivity index (χ2n) is 5.45. The molecule has 1 fully saturated rings. The van der Waals surface area contributed by atoms with Gasteiger partial charge in [-0.3, -0.25) is 4.79 Å². The van der Waals surface area contributed by atoms with Crippen LogP contribution in [0.4, 0.5) is 5.69 Å². The van der Waals surface area contributed by atoms with Gasteiger partial charge in [-0.2, -0.15) is 4.31 Å². The van der Waals surface area contributed by atoms with E-state index in [0.717, 1.165) is 25.7 Å². The molecule has 0 heterocycles. The lowest BCUT2D eigenvalue weighted by Gasteiger charge is -2.26.